The molecule has 1 rings (SSSR count). The normalized spacial score (nSPS) is 14.2. The van der Waals surface area contributed by atoms with Crippen molar-refractivity contribution in [3.8, 4) is 5.75 Å². The van der Waals surface area contributed by atoms with Crippen molar-refractivity contribution >= 4 is 19.2 Å². The third kappa shape index (κ3) is 5.58. The topological polar surface area (TPSA) is 35.5 Å². The third-order valence-electron chi connectivity index (χ3n) is 2.17. The second-order valence-electron chi connectivity index (χ2n) is 3.68. The summed E-state index contributed by atoms with van der Waals surface area (Å²) in [6.07, 6.45) is 3.01. The fourth-order valence-corrected chi connectivity index (χ4v) is 2.66. The minimum Gasteiger partial charge on any atom is -0.424 e. The van der Waals surface area contributed by atoms with Gasteiger partial charge in [0.15, 0.2) is 0 Å². The summed E-state index contributed by atoms with van der Waals surface area (Å²) in [5.74, 6) is 0.520. The van der Waals surface area contributed by atoms with E-state index < -0.39 is 7.60 Å². The Kier molecular flexibility index (Phi) is 6.64. The van der Waals surface area contributed by atoms with Crippen LogP contribution in [-0.4, -0.2) is 12.2 Å². The smallest absolute Gasteiger partial charge is 0.393 e. The molecular weight excluding hydrogens is 259 g/mol. The first-order valence-corrected chi connectivity index (χ1v) is 8.00. The molecule has 1 aromatic carbocycles. The quantitative estimate of drug-likeness (QED) is 0.393. The highest BCUT2D eigenvalue weighted by molar-refractivity contribution is 7.56. The Morgan fingerprint density at radius 1 is 1.24 bits per heavy atom. The summed E-state index contributed by atoms with van der Waals surface area (Å²) in [6, 6.07) is 8.94. The van der Waals surface area contributed by atoms with Gasteiger partial charge in [0.2, 0.25) is 0 Å². The molecule has 1 aromatic rings. The fraction of sp³-hybridized carbons (Fsp3) is 0.500. The Labute approximate surface area is 108 Å². The lowest BCUT2D eigenvalue weighted by Gasteiger charge is -2.16. The van der Waals surface area contributed by atoms with Gasteiger partial charge in [-0.3, -0.25) is 4.52 Å². The monoisotopic (exact) mass is 276 g/mol. The van der Waals surface area contributed by atoms with Crippen molar-refractivity contribution in [2.75, 3.05) is 12.2 Å². The van der Waals surface area contributed by atoms with Gasteiger partial charge in [0.1, 0.15) is 11.4 Å². The average Bonchev–Trinajstić information content (AvgIpc) is 2.36. The molecule has 0 fully saturated rings. The minimum atomic E-state index is -3.20. The van der Waals surface area contributed by atoms with Gasteiger partial charge >= 0.3 is 7.60 Å². The molecule has 0 aromatic heterocycles. The van der Waals surface area contributed by atoms with Crippen LogP contribution in [0.1, 0.15) is 26.2 Å². The van der Waals surface area contributed by atoms with E-state index in [1.807, 2.05) is 18.2 Å². The number of hydrogen-bond donors (Lipinski definition) is 0. The van der Waals surface area contributed by atoms with Crippen LogP contribution in [0.5, 0.6) is 5.75 Å². The molecule has 0 spiro atoms. The van der Waals surface area contributed by atoms with E-state index in [9.17, 15) is 4.57 Å². The zero-order valence-electron chi connectivity index (χ0n) is 9.97. The van der Waals surface area contributed by atoms with Crippen LogP contribution < -0.4 is 4.52 Å². The minimum absolute atomic E-state index is 0.131. The van der Waals surface area contributed by atoms with Gasteiger partial charge in [0.25, 0.3) is 0 Å². The van der Waals surface area contributed by atoms with Gasteiger partial charge in [0, 0.05) is 0 Å². The summed E-state index contributed by atoms with van der Waals surface area (Å²) >= 11 is 5.66. The lowest BCUT2D eigenvalue weighted by atomic mass is 10.3. The van der Waals surface area contributed by atoms with Crippen LogP contribution in [0.2, 0.25) is 0 Å². The van der Waals surface area contributed by atoms with Crippen LogP contribution in [-0.2, 0) is 9.09 Å². The summed E-state index contributed by atoms with van der Waals surface area (Å²) in [4.78, 5) is 0. The molecule has 96 valence electrons. The molecule has 0 heterocycles. The number of benzene rings is 1. The molecule has 1 atom stereocenters. The second-order valence-corrected chi connectivity index (χ2v) is 6.29. The van der Waals surface area contributed by atoms with Crippen molar-refractivity contribution in [1.29, 1.82) is 0 Å². The number of para-hydroxylation sites is 1. The van der Waals surface area contributed by atoms with Gasteiger partial charge in [-0.25, -0.2) is 4.57 Å². The molecule has 0 aliphatic rings. The number of unbranched alkanes of at least 4 members (excludes halogenated alkanes) is 2. The lowest BCUT2D eigenvalue weighted by Crippen LogP contribution is -2.01. The molecule has 0 aliphatic carbocycles. The maximum Gasteiger partial charge on any atom is 0.393 e. The number of rotatable bonds is 8. The standard InChI is InChI=1S/C12H18ClO3P/c1-2-3-7-10-15-17(14,11-13)16-12-8-5-4-6-9-12/h4-6,8-9H,2-3,7,10-11H2,1H3/t17-/m0/s1. The van der Waals surface area contributed by atoms with Crippen molar-refractivity contribution < 1.29 is 13.6 Å². The van der Waals surface area contributed by atoms with Crippen molar-refractivity contribution in [3.05, 3.63) is 30.3 Å². The van der Waals surface area contributed by atoms with Crippen molar-refractivity contribution in [3.63, 3.8) is 0 Å². The van der Waals surface area contributed by atoms with Crippen LogP contribution in [0.3, 0.4) is 0 Å². The second kappa shape index (κ2) is 7.75. The molecule has 0 bridgehead atoms. The van der Waals surface area contributed by atoms with Crippen LogP contribution in [0.15, 0.2) is 30.3 Å². The highest BCUT2D eigenvalue weighted by Gasteiger charge is 2.24. The number of alkyl halides is 1. The van der Waals surface area contributed by atoms with Gasteiger partial charge in [-0.05, 0) is 18.6 Å². The van der Waals surface area contributed by atoms with E-state index in [1.165, 1.54) is 0 Å². The number of halogens is 1. The van der Waals surface area contributed by atoms with Gasteiger partial charge in [-0.1, -0.05) is 38.0 Å². The van der Waals surface area contributed by atoms with E-state index in [0.29, 0.717) is 12.4 Å². The van der Waals surface area contributed by atoms with E-state index in [2.05, 4.69) is 6.92 Å². The molecule has 0 saturated carbocycles. The van der Waals surface area contributed by atoms with E-state index >= 15 is 0 Å². The summed E-state index contributed by atoms with van der Waals surface area (Å²) in [5, 5.41) is 0. The lowest BCUT2D eigenvalue weighted by molar-refractivity contribution is 0.262. The number of hydrogen-bond acceptors (Lipinski definition) is 3. The molecule has 0 unspecified atom stereocenters. The first kappa shape index (κ1) is 14.6. The molecule has 0 saturated heterocycles. The average molecular weight is 277 g/mol. The molecule has 0 radical (unpaired) electrons. The molecule has 5 heteroatoms. The Bertz CT molecular complexity index is 356. The van der Waals surface area contributed by atoms with E-state index in [-0.39, 0.29) is 5.62 Å². The fourth-order valence-electron chi connectivity index (χ4n) is 1.28. The van der Waals surface area contributed by atoms with Gasteiger partial charge < -0.3 is 4.52 Å². The van der Waals surface area contributed by atoms with Crippen molar-refractivity contribution in [1.82, 2.24) is 0 Å². The molecule has 17 heavy (non-hydrogen) atoms. The Hall–Kier alpha value is -0.500. The highest BCUT2D eigenvalue weighted by Crippen LogP contribution is 2.49. The van der Waals surface area contributed by atoms with E-state index in [0.717, 1.165) is 19.3 Å². The molecule has 3 nitrogen and oxygen atoms in total. The molecule has 0 N–H and O–H groups in total. The van der Waals surface area contributed by atoms with Crippen LogP contribution in [0, 0.1) is 0 Å². The van der Waals surface area contributed by atoms with Gasteiger partial charge in [0.05, 0.1) is 6.61 Å². The maximum absolute atomic E-state index is 12.1. The maximum atomic E-state index is 12.1. The Balaban J connectivity index is 2.48. The summed E-state index contributed by atoms with van der Waals surface area (Å²) in [6.45, 7) is 2.52. The predicted molar refractivity (Wildman–Crippen MR) is 70.9 cm³/mol. The summed E-state index contributed by atoms with van der Waals surface area (Å²) < 4.78 is 22.8. The zero-order chi connectivity index (χ0) is 12.6. The summed E-state index contributed by atoms with van der Waals surface area (Å²) in [5.41, 5.74) is -0.131. The van der Waals surface area contributed by atoms with Gasteiger partial charge in [-0.2, -0.15) is 0 Å². The molecule has 0 aliphatic heterocycles. The zero-order valence-corrected chi connectivity index (χ0v) is 11.6. The first-order valence-electron chi connectivity index (χ1n) is 5.74. The first-order chi connectivity index (χ1) is 8.20. The van der Waals surface area contributed by atoms with Crippen LogP contribution in [0.25, 0.3) is 0 Å². The van der Waals surface area contributed by atoms with E-state index in [4.69, 9.17) is 20.6 Å². The largest absolute Gasteiger partial charge is 0.424 e. The molecule has 0 amide bonds. The summed E-state index contributed by atoms with van der Waals surface area (Å²) in [7, 11) is -3.20. The van der Waals surface area contributed by atoms with Crippen molar-refractivity contribution in [2.45, 2.75) is 26.2 Å². The SMILES string of the molecule is CCCCCO[P@@](=O)(CCl)Oc1ccccc1. The predicted octanol–water partition coefficient (Wildman–Crippen LogP) is 4.66. The van der Waals surface area contributed by atoms with Crippen LogP contribution >= 0.6 is 19.2 Å². The molecular formula is C12H18ClO3P. The van der Waals surface area contributed by atoms with E-state index in [1.54, 1.807) is 12.1 Å². The highest BCUT2D eigenvalue weighted by atomic mass is 35.5. The van der Waals surface area contributed by atoms with Crippen LogP contribution in [0.4, 0.5) is 0 Å². The van der Waals surface area contributed by atoms with Crippen molar-refractivity contribution in [2.24, 2.45) is 0 Å². The third-order valence-corrected chi connectivity index (χ3v) is 4.41. The Morgan fingerprint density at radius 2 is 1.94 bits per heavy atom. The Morgan fingerprint density at radius 3 is 2.53 bits per heavy atom. The van der Waals surface area contributed by atoms with Gasteiger partial charge in [-0.15, -0.1) is 11.6 Å².